The Balaban J connectivity index is 1.96. The molecule has 0 aliphatic carbocycles. The fourth-order valence-electron chi connectivity index (χ4n) is 2.03. The number of esters is 1. The Bertz CT molecular complexity index is 802. The van der Waals surface area contributed by atoms with Crippen molar-refractivity contribution in [2.45, 2.75) is 6.92 Å². The molecule has 0 radical (unpaired) electrons. The molecule has 0 unspecified atom stereocenters. The van der Waals surface area contributed by atoms with Crippen LogP contribution in [0.4, 0.5) is 10.1 Å². The van der Waals surface area contributed by atoms with Crippen LogP contribution < -0.4 is 10.1 Å². The first-order valence-corrected chi connectivity index (χ1v) is 7.32. The number of Topliss-reactive ketones (excluding diaryl/α,β-unsaturated/α-hetero) is 1. The number of nitrogens with one attached hydrogen (secondary N) is 1. The van der Waals surface area contributed by atoms with Gasteiger partial charge in [0.2, 0.25) is 5.91 Å². The Morgan fingerprint density at radius 2 is 1.68 bits per heavy atom. The number of hydrogen-bond acceptors (Lipinski definition) is 5. The number of hydrogen-bond donors (Lipinski definition) is 1. The molecule has 0 saturated carbocycles. The third kappa shape index (κ3) is 4.87. The van der Waals surface area contributed by atoms with Crippen LogP contribution in [0.15, 0.2) is 42.5 Å². The molecule has 130 valence electrons. The van der Waals surface area contributed by atoms with E-state index in [0.29, 0.717) is 11.3 Å². The van der Waals surface area contributed by atoms with Crippen LogP contribution in [0.1, 0.15) is 27.6 Å². The van der Waals surface area contributed by atoms with Crippen LogP contribution in [0.2, 0.25) is 0 Å². The molecule has 0 aliphatic rings. The fraction of sp³-hybridized carbons (Fsp3) is 0.167. The summed E-state index contributed by atoms with van der Waals surface area (Å²) in [5.74, 6) is -2.15. The van der Waals surface area contributed by atoms with Crippen LogP contribution >= 0.6 is 0 Å². The van der Waals surface area contributed by atoms with E-state index in [1.165, 1.54) is 38.3 Å². The summed E-state index contributed by atoms with van der Waals surface area (Å²) in [7, 11) is 1.31. The molecule has 2 aromatic rings. The number of carbonyl (C=O) groups is 3. The molecule has 0 saturated heterocycles. The molecule has 7 heteroatoms. The van der Waals surface area contributed by atoms with Gasteiger partial charge < -0.3 is 14.8 Å². The van der Waals surface area contributed by atoms with E-state index in [9.17, 15) is 18.8 Å². The number of carbonyl (C=O) groups excluding carboxylic acids is 3. The van der Waals surface area contributed by atoms with Crippen LogP contribution in [-0.4, -0.2) is 31.4 Å². The number of benzene rings is 2. The number of methoxy groups -OCH3 is 1. The Hall–Kier alpha value is -3.22. The van der Waals surface area contributed by atoms with Crippen molar-refractivity contribution in [1.29, 1.82) is 0 Å². The highest BCUT2D eigenvalue weighted by Crippen LogP contribution is 2.18. The van der Waals surface area contributed by atoms with E-state index in [2.05, 4.69) is 5.32 Å². The molecule has 0 fully saturated rings. The smallest absolute Gasteiger partial charge is 0.338 e. The van der Waals surface area contributed by atoms with E-state index in [1.54, 1.807) is 12.1 Å². The van der Waals surface area contributed by atoms with Gasteiger partial charge in [-0.3, -0.25) is 9.59 Å². The molecule has 0 spiro atoms. The van der Waals surface area contributed by atoms with E-state index in [4.69, 9.17) is 9.47 Å². The van der Waals surface area contributed by atoms with E-state index >= 15 is 0 Å². The van der Waals surface area contributed by atoms with Gasteiger partial charge in [0.15, 0.2) is 24.0 Å². The monoisotopic (exact) mass is 345 g/mol. The quantitative estimate of drug-likeness (QED) is 0.643. The van der Waals surface area contributed by atoms with Crippen molar-refractivity contribution >= 4 is 23.3 Å². The van der Waals surface area contributed by atoms with E-state index in [1.807, 2.05) is 0 Å². The summed E-state index contributed by atoms with van der Waals surface area (Å²) in [4.78, 5) is 34.8. The summed E-state index contributed by atoms with van der Waals surface area (Å²) in [5.41, 5.74) is 0.852. The number of ketones is 1. The van der Waals surface area contributed by atoms with Crippen molar-refractivity contribution in [3.05, 3.63) is 59.4 Å². The number of amides is 1. The summed E-state index contributed by atoms with van der Waals surface area (Å²) >= 11 is 0. The molecule has 0 heterocycles. The Morgan fingerprint density at radius 1 is 1.04 bits per heavy atom. The summed E-state index contributed by atoms with van der Waals surface area (Å²) in [6, 6.07) is 9.77. The minimum Gasteiger partial charge on any atom is -0.494 e. The van der Waals surface area contributed by atoms with Crippen LogP contribution in [0.25, 0.3) is 0 Å². The summed E-state index contributed by atoms with van der Waals surface area (Å²) in [5, 5.41) is 2.58. The van der Waals surface area contributed by atoms with Crippen LogP contribution in [0.3, 0.4) is 0 Å². The van der Waals surface area contributed by atoms with Gasteiger partial charge in [-0.1, -0.05) is 0 Å². The highest BCUT2D eigenvalue weighted by molar-refractivity contribution is 6.00. The predicted octanol–water partition coefficient (Wildman–Crippen LogP) is 2.83. The van der Waals surface area contributed by atoms with Gasteiger partial charge in [-0.25, -0.2) is 9.18 Å². The van der Waals surface area contributed by atoms with Gasteiger partial charge in [0, 0.05) is 18.2 Å². The Kier molecular flexibility index (Phi) is 5.84. The highest BCUT2D eigenvalue weighted by atomic mass is 19.1. The average Bonchev–Trinajstić information content (AvgIpc) is 2.59. The maximum Gasteiger partial charge on any atom is 0.338 e. The summed E-state index contributed by atoms with van der Waals surface area (Å²) in [6.07, 6.45) is 0. The Morgan fingerprint density at radius 3 is 2.24 bits per heavy atom. The second-order valence-corrected chi connectivity index (χ2v) is 5.11. The first kappa shape index (κ1) is 18.1. The molecule has 0 aromatic heterocycles. The van der Waals surface area contributed by atoms with E-state index in [-0.39, 0.29) is 17.2 Å². The topological polar surface area (TPSA) is 81.7 Å². The van der Waals surface area contributed by atoms with E-state index in [0.717, 1.165) is 6.07 Å². The van der Waals surface area contributed by atoms with Gasteiger partial charge in [-0.2, -0.15) is 0 Å². The lowest BCUT2D eigenvalue weighted by molar-refractivity contribution is -0.114. The molecular formula is C18H16FNO5. The zero-order valence-corrected chi connectivity index (χ0v) is 13.7. The molecule has 6 nitrogen and oxygen atoms in total. The number of ether oxygens (including phenoxy) is 2. The number of rotatable bonds is 6. The minimum atomic E-state index is -0.815. The SMILES string of the molecule is COc1ccc(C(=O)OCC(=O)c2ccc(NC(C)=O)cc2)cc1F. The third-order valence-corrected chi connectivity index (χ3v) is 3.25. The average molecular weight is 345 g/mol. The van der Waals surface area contributed by atoms with Crippen molar-refractivity contribution in [3.8, 4) is 5.75 Å². The lowest BCUT2D eigenvalue weighted by Gasteiger charge is -2.07. The maximum atomic E-state index is 13.6. The summed E-state index contributed by atoms with van der Waals surface area (Å²) in [6.45, 7) is 0.895. The number of halogens is 1. The standard InChI is InChI=1S/C18H16FNO5/c1-11(21)20-14-6-3-12(4-7-14)16(22)10-25-18(23)13-5-8-17(24-2)15(19)9-13/h3-9H,10H2,1-2H3,(H,20,21). The highest BCUT2D eigenvalue weighted by Gasteiger charge is 2.14. The first-order chi connectivity index (χ1) is 11.9. The van der Waals surface area contributed by atoms with Gasteiger partial charge in [0.05, 0.1) is 12.7 Å². The first-order valence-electron chi connectivity index (χ1n) is 7.32. The van der Waals surface area contributed by atoms with Crippen LogP contribution in [-0.2, 0) is 9.53 Å². The van der Waals surface area contributed by atoms with Crippen molar-refractivity contribution in [2.24, 2.45) is 0 Å². The minimum absolute atomic E-state index is 0.00638. The van der Waals surface area contributed by atoms with Crippen molar-refractivity contribution in [3.63, 3.8) is 0 Å². The summed E-state index contributed by atoms with van der Waals surface area (Å²) < 4.78 is 23.2. The van der Waals surface area contributed by atoms with Crippen molar-refractivity contribution in [2.75, 3.05) is 19.0 Å². The third-order valence-electron chi connectivity index (χ3n) is 3.25. The maximum absolute atomic E-state index is 13.6. The zero-order chi connectivity index (χ0) is 18.4. The molecule has 0 bridgehead atoms. The molecule has 25 heavy (non-hydrogen) atoms. The van der Waals surface area contributed by atoms with Gasteiger partial charge in [0.25, 0.3) is 0 Å². The van der Waals surface area contributed by atoms with Crippen LogP contribution in [0, 0.1) is 5.82 Å². The van der Waals surface area contributed by atoms with Crippen LogP contribution in [0.5, 0.6) is 5.75 Å². The van der Waals surface area contributed by atoms with Gasteiger partial charge in [-0.15, -0.1) is 0 Å². The zero-order valence-electron chi connectivity index (χ0n) is 13.7. The van der Waals surface area contributed by atoms with E-state index < -0.39 is 24.2 Å². The van der Waals surface area contributed by atoms with Gasteiger partial charge >= 0.3 is 5.97 Å². The molecule has 0 atom stereocenters. The molecule has 2 rings (SSSR count). The van der Waals surface area contributed by atoms with Gasteiger partial charge in [0.1, 0.15) is 0 Å². The predicted molar refractivity (Wildman–Crippen MR) is 88.3 cm³/mol. The van der Waals surface area contributed by atoms with Crippen molar-refractivity contribution in [1.82, 2.24) is 0 Å². The normalized spacial score (nSPS) is 10.0. The number of anilines is 1. The van der Waals surface area contributed by atoms with Crippen molar-refractivity contribution < 1.29 is 28.2 Å². The largest absolute Gasteiger partial charge is 0.494 e. The Labute approximate surface area is 143 Å². The lowest BCUT2D eigenvalue weighted by atomic mass is 10.1. The second-order valence-electron chi connectivity index (χ2n) is 5.11. The fourth-order valence-corrected chi connectivity index (χ4v) is 2.03. The lowest BCUT2D eigenvalue weighted by Crippen LogP contribution is -2.14. The molecule has 1 amide bonds. The molecule has 1 N–H and O–H groups in total. The van der Waals surface area contributed by atoms with Gasteiger partial charge in [-0.05, 0) is 42.5 Å². The molecular weight excluding hydrogens is 329 g/mol. The second kappa shape index (κ2) is 8.05. The molecule has 2 aromatic carbocycles. The molecule has 0 aliphatic heterocycles.